The summed E-state index contributed by atoms with van der Waals surface area (Å²) in [5.74, 6) is -0.0699. The number of hydrogen-bond acceptors (Lipinski definition) is 3. The number of carbonyl (C=O) groups excluding carboxylic acids is 1. The van der Waals surface area contributed by atoms with E-state index in [-0.39, 0.29) is 30.1 Å². The monoisotopic (exact) mass is 329 g/mol. The molecule has 3 rings (SSSR count). The van der Waals surface area contributed by atoms with Crippen molar-refractivity contribution in [2.45, 2.75) is 13.0 Å². The second kappa shape index (κ2) is 6.57. The average molecular weight is 329 g/mol. The summed E-state index contributed by atoms with van der Waals surface area (Å²) in [4.78, 5) is 28.6. The zero-order valence-corrected chi connectivity index (χ0v) is 12.9. The normalized spacial score (nSPS) is 12.1. The van der Waals surface area contributed by atoms with Gasteiger partial charge < -0.3 is 20.0 Å². The van der Waals surface area contributed by atoms with Crippen LogP contribution in [0.15, 0.2) is 47.3 Å². The van der Waals surface area contributed by atoms with Crippen molar-refractivity contribution in [3.63, 3.8) is 0 Å². The molecule has 24 heavy (non-hydrogen) atoms. The number of hydrogen-bond donors (Lipinski definition) is 3. The van der Waals surface area contributed by atoms with Crippen LogP contribution in [0.4, 0.5) is 4.39 Å². The molecule has 1 unspecified atom stereocenters. The first kappa shape index (κ1) is 15.8. The van der Waals surface area contributed by atoms with Gasteiger partial charge in [-0.15, -0.1) is 0 Å². The molecule has 1 atom stereocenters. The molecule has 0 bridgehead atoms. The Balaban J connectivity index is 1.59. The Morgan fingerprint density at radius 1 is 1.17 bits per heavy atom. The fourth-order valence-corrected chi connectivity index (χ4v) is 2.30. The molecule has 0 aliphatic carbocycles. The van der Waals surface area contributed by atoms with Gasteiger partial charge in [0.1, 0.15) is 17.7 Å². The van der Waals surface area contributed by atoms with Gasteiger partial charge in [-0.3, -0.25) is 4.79 Å². The first-order chi connectivity index (χ1) is 11.5. The van der Waals surface area contributed by atoms with Crippen LogP contribution in [0.3, 0.4) is 0 Å². The number of benzene rings is 2. The molecule has 2 aromatic carbocycles. The zero-order chi connectivity index (χ0) is 17.1. The number of fused-ring (bicyclic) bond motifs is 1. The van der Waals surface area contributed by atoms with Crippen LogP contribution in [0.5, 0.6) is 5.75 Å². The maximum absolute atomic E-state index is 12.8. The summed E-state index contributed by atoms with van der Waals surface area (Å²) < 4.78 is 18.4. The third-order valence-electron chi connectivity index (χ3n) is 3.48. The zero-order valence-electron chi connectivity index (χ0n) is 12.9. The highest BCUT2D eigenvalue weighted by molar-refractivity contribution is 5.97. The van der Waals surface area contributed by atoms with Gasteiger partial charge in [0.25, 0.3) is 5.91 Å². The van der Waals surface area contributed by atoms with Crippen molar-refractivity contribution >= 4 is 16.9 Å². The van der Waals surface area contributed by atoms with Crippen molar-refractivity contribution in [1.29, 1.82) is 0 Å². The van der Waals surface area contributed by atoms with Gasteiger partial charge in [-0.2, -0.15) is 0 Å². The molecule has 1 heterocycles. The lowest BCUT2D eigenvalue weighted by molar-refractivity contribution is 0.0932. The quantitative estimate of drug-likeness (QED) is 0.670. The minimum Gasteiger partial charge on any atom is -0.489 e. The molecule has 7 heteroatoms. The van der Waals surface area contributed by atoms with Gasteiger partial charge >= 0.3 is 5.69 Å². The van der Waals surface area contributed by atoms with Crippen molar-refractivity contribution in [2.75, 3.05) is 6.54 Å². The number of nitrogens with one attached hydrogen (secondary N) is 3. The van der Waals surface area contributed by atoms with Crippen LogP contribution < -0.4 is 15.7 Å². The SMILES string of the molecule is CC(CNC(=O)c1ccc2[nH]c(=O)[nH]c2c1)Oc1ccc(F)cc1. The molecular formula is C17H16FN3O3. The number of H-pyrrole nitrogens is 2. The standard InChI is InChI=1S/C17H16FN3O3/c1-10(24-13-5-3-12(18)4-6-13)9-19-16(22)11-2-7-14-15(8-11)21-17(23)20-14/h2-8,10H,9H2,1H3,(H,19,22)(H2,20,21,23). The van der Waals surface area contributed by atoms with Gasteiger partial charge in [-0.1, -0.05) is 0 Å². The summed E-state index contributed by atoms with van der Waals surface area (Å²) in [5.41, 5.74) is 1.34. The van der Waals surface area contributed by atoms with Crippen molar-refractivity contribution < 1.29 is 13.9 Å². The molecule has 3 N–H and O–H groups in total. The Labute approximate surface area is 136 Å². The largest absolute Gasteiger partial charge is 0.489 e. The van der Waals surface area contributed by atoms with E-state index in [4.69, 9.17) is 4.74 Å². The summed E-state index contributed by atoms with van der Waals surface area (Å²) in [5, 5.41) is 2.76. The van der Waals surface area contributed by atoms with E-state index >= 15 is 0 Å². The fraction of sp³-hybridized carbons (Fsp3) is 0.176. The van der Waals surface area contributed by atoms with E-state index < -0.39 is 0 Å². The molecule has 6 nitrogen and oxygen atoms in total. The van der Waals surface area contributed by atoms with Crippen LogP contribution in [0.25, 0.3) is 11.0 Å². The molecule has 0 aliphatic rings. The minimum absolute atomic E-state index is 0.270. The molecule has 124 valence electrons. The number of amides is 1. The number of ether oxygens (including phenoxy) is 1. The number of carbonyl (C=O) groups is 1. The Kier molecular flexibility index (Phi) is 4.33. The van der Waals surface area contributed by atoms with Gasteiger partial charge in [0, 0.05) is 5.56 Å². The predicted molar refractivity (Wildman–Crippen MR) is 87.7 cm³/mol. The second-order valence-corrected chi connectivity index (χ2v) is 5.43. The van der Waals surface area contributed by atoms with Crippen LogP contribution in [0, 0.1) is 5.82 Å². The van der Waals surface area contributed by atoms with Gasteiger partial charge in [0.2, 0.25) is 0 Å². The van der Waals surface area contributed by atoms with E-state index in [0.29, 0.717) is 22.3 Å². The van der Waals surface area contributed by atoms with Crippen LogP contribution in [0.2, 0.25) is 0 Å². The van der Waals surface area contributed by atoms with Crippen molar-refractivity contribution in [3.05, 3.63) is 64.3 Å². The van der Waals surface area contributed by atoms with Crippen LogP contribution >= 0.6 is 0 Å². The maximum atomic E-state index is 12.8. The van der Waals surface area contributed by atoms with E-state index in [0.717, 1.165) is 0 Å². The number of rotatable bonds is 5. The smallest absolute Gasteiger partial charge is 0.323 e. The fourth-order valence-electron chi connectivity index (χ4n) is 2.30. The summed E-state index contributed by atoms with van der Waals surface area (Å²) in [6.07, 6.45) is -0.282. The minimum atomic E-state index is -0.332. The second-order valence-electron chi connectivity index (χ2n) is 5.43. The van der Waals surface area contributed by atoms with Gasteiger partial charge in [0.05, 0.1) is 17.6 Å². The van der Waals surface area contributed by atoms with Crippen molar-refractivity contribution in [1.82, 2.24) is 15.3 Å². The highest BCUT2D eigenvalue weighted by Gasteiger charge is 2.10. The predicted octanol–water partition coefficient (Wildman–Crippen LogP) is 2.19. The number of halogens is 1. The number of imidazole rings is 1. The van der Waals surface area contributed by atoms with Crippen molar-refractivity contribution in [3.8, 4) is 5.75 Å². The van der Waals surface area contributed by atoms with Crippen LogP contribution in [-0.4, -0.2) is 28.5 Å². The molecule has 0 saturated heterocycles. The summed E-state index contributed by atoms with van der Waals surface area (Å²) in [6, 6.07) is 10.6. The molecule has 1 amide bonds. The maximum Gasteiger partial charge on any atom is 0.323 e. The molecule has 3 aromatic rings. The average Bonchev–Trinajstić information content (AvgIpc) is 2.94. The first-order valence-corrected chi connectivity index (χ1v) is 7.44. The summed E-state index contributed by atoms with van der Waals surface area (Å²) >= 11 is 0. The van der Waals surface area contributed by atoms with Crippen molar-refractivity contribution in [2.24, 2.45) is 0 Å². The Morgan fingerprint density at radius 2 is 1.88 bits per heavy atom. The lowest BCUT2D eigenvalue weighted by atomic mass is 10.2. The van der Waals surface area contributed by atoms with Gasteiger partial charge in [-0.05, 0) is 49.4 Å². The molecule has 0 aliphatic heterocycles. The lowest BCUT2D eigenvalue weighted by Gasteiger charge is -2.15. The summed E-state index contributed by atoms with van der Waals surface area (Å²) in [7, 11) is 0. The molecule has 0 radical (unpaired) electrons. The highest BCUT2D eigenvalue weighted by Crippen LogP contribution is 2.13. The van der Waals surface area contributed by atoms with Gasteiger partial charge in [0.15, 0.2) is 0 Å². The van der Waals surface area contributed by atoms with Crippen LogP contribution in [-0.2, 0) is 0 Å². The van der Waals surface area contributed by atoms with E-state index in [1.807, 2.05) is 0 Å². The number of aromatic amines is 2. The molecular weight excluding hydrogens is 313 g/mol. The third-order valence-corrected chi connectivity index (χ3v) is 3.48. The highest BCUT2D eigenvalue weighted by atomic mass is 19.1. The summed E-state index contributed by atoms with van der Waals surface area (Å²) in [6.45, 7) is 2.09. The first-order valence-electron chi connectivity index (χ1n) is 7.44. The Hall–Kier alpha value is -3.09. The topological polar surface area (TPSA) is 87.0 Å². The van der Waals surface area contributed by atoms with Gasteiger partial charge in [-0.25, -0.2) is 9.18 Å². The molecule has 1 aromatic heterocycles. The lowest BCUT2D eigenvalue weighted by Crippen LogP contribution is -2.33. The number of aromatic nitrogens is 2. The van der Waals surface area contributed by atoms with E-state index in [2.05, 4.69) is 15.3 Å². The third kappa shape index (κ3) is 3.62. The Bertz CT molecular complexity index is 915. The molecule has 0 saturated carbocycles. The van der Waals surface area contributed by atoms with E-state index in [9.17, 15) is 14.0 Å². The molecule has 0 spiro atoms. The Morgan fingerprint density at radius 3 is 2.62 bits per heavy atom. The molecule has 0 fully saturated rings. The van der Waals surface area contributed by atoms with E-state index in [1.165, 1.54) is 24.3 Å². The van der Waals surface area contributed by atoms with E-state index in [1.54, 1.807) is 25.1 Å². The van der Waals surface area contributed by atoms with Crippen LogP contribution in [0.1, 0.15) is 17.3 Å².